The molecule has 9 nitrogen and oxygen atoms in total. The molecule has 1 atom stereocenters. The van der Waals surface area contributed by atoms with E-state index in [0.29, 0.717) is 43.7 Å². The number of carbonyl (C=O) groups is 3. The van der Waals surface area contributed by atoms with Crippen molar-refractivity contribution < 1.29 is 19.1 Å². The zero-order valence-electron chi connectivity index (χ0n) is 18.8. The van der Waals surface area contributed by atoms with E-state index in [1.807, 2.05) is 54.6 Å². The number of aromatic nitrogens is 1. The van der Waals surface area contributed by atoms with Crippen LogP contribution in [0.4, 0.5) is 4.79 Å². The highest BCUT2D eigenvalue weighted by Crippen LogP contribution is 2.27. The molecular weight excluding hydrogens is 434 g/mol. The number of rotatable bonds is 11. The average Bonchev–Trinajstić information content (AvgIpc) is 2.81. The van der Waals surface area contributed by atoms with Crippen molar-refractivity contribution in [2.75, 3.05) is 13.2 Å². The van der Waals surface area contributed by atoms with E-state index < -0.39 is 18.0 Å². The predicted molar refractivity (Wildman–Crippen MR) is 129 cm³/mol. The van der Waals surface area contributed by atoms with Crippen molar-refractivity contribution in [2.24, 2.45) is 11.5 Å². The first-order valence-corrected chi connectivity index (χ1v) is 11.1. The highest BCUT2D eigenvalue weighted by atomic mass is 16.5. The molecule has 0 radical (unpaired) electrons. The van der Waals surface area contributed by atoms with Gasteiger partial charge in [0.25, 0.3) is 0 Å². The van der Waals surface area contributed by atoms with E-state index in [-0.39, 0.29) is 12.3 Å². The van der Waals surface area contributed by atoms with Crippen molar-refractivity contribution in [1.82, 2.24) is 15.6 Å². The molecule has 1 aromatic heterocycles. The average molecular weight is 464 g/mol. The van der Waals surface area contributed by atoms with Crippen LogP contribution in [0.2, 0.25) is 0 Å². The fourth-order valence-corrected chi connectivity index (χ4v) is 3.48. The zero-order chi connectivity index (χ0) is 24.3. The summed E-state index contributed by atoms with van der Waals surface area (Å²) < 4.78 is 5.94. The Morgan fingerprint density at radius 3 is 2.44 bits per heavy atom. The Labute approximate surface area is 197 Å². The molecule has 9 heteroatoms. The molecule has 34 heavy (non-hydrogen) atoms. The van der Waals surface area contributed by atoms with Gasteiger partial charge in [-0.15, -0.1) is 0 Å². The van der Waals surface area contributed by atoms with Gasteiger partial charge in [0.05, 0.1) is 19.1 Å². The molecule has 0 unspecified atom stereocenters. The molecule has 6 N–H and O–H groups in total. The molecule has 0 saturated carbocycles. The van der Waals surface area contributed by atoms with Gasteiger partial charge >= 0.3 is 6.03 Å². The first-order chi connectivity index (χ1) is 16.4. The maximum Gasteiger partial charge on any atom is 0.318 e. The van der Waals surface area contributed by atoms with Gasteiger partial charge in [-0.05, 0) is 47.9 Å². The van der Waals surface area contributed by atoms with E-state index in [1.165, 1.54) is 0 Å². The molecule has 3 aromatic rings. The van der Waals surface area contributed by atoms with Crippen LogP contribution in [0.25, 0.3) is 10.8 Å². The molecule has 2 aromatic carbocycles. The van der Waals surface area contributed by atoms with E-state index in [0.717, 1.165) is 16.5 Å². The maximum absolute atomic E-state index is 12.2. The molecule has 0 spiro atoms. The minimum Gasteiger partial charge on any atom is -0.493 e. The van der Waals surface area contributed by atoms with Crippen molar-refractivity contribution in [3.63, 3.8) is 0 Å². The number of benzene rings is 2. The van der Waals surface area contributed by atoms with Gasteiger partial charge in [-0.25, -0.2) is 4.79 Å². The molecule has 0 saturated heterocycles. The summed E-state index contributed by atoms with van der Waals surface area (Å²) in [5.74, 6) is -0.152. The fourth-order valence-electron chi connectivity index (χ4n) is 3.48. The smallest absolute Gasteiger partial charge is 0.318 e. The van der Waals surface area contributed by atoms with Gasteiger partial charge in [0.1, 0.15) is 5.75 Å². The lowest BCUT2D eigenvalue weighted by atomic mass is 10.0. The van der Waals surface area contributed by atoms with E-state index in [1.54, 1.807) is 6.20 Å². The molecule has 0 bridgehead atoms. The number of pyridine rings is 1. The molecule has 0 aliphatic carbocycles. The number of nitrogens with zero attached hydrogens (tertiary/aromatic N) is 1. The van der Waals surface area contributed by atoms with Crippen molar-refractivity contribution in [2.45, 2.75) is 31.7 Å². The lowest BCUT2D eigenvalue weighted by molar-refractivity contribution is -0.122. The lowest BCUT2D eigenvalue weighted by Gasteiger charge is -2.14. The van der Waals surface area contributed by atoms with Crippen LogP contribution in [0.1, 0.15) is 24.1 Å². The van der Waals surface area contributed by atoms with Gasteiger partial charge in [0.2, 0.25) is 11.8 Å². The zero-order valence-corrected chi connectivity index (χ0v) is 18.8. The van der Waals surface area contributed by atoms with Crippen molar-refractivity contribution >= 4 is 28.6 Å². The number of nitrogens with one attached hydrogen (secondary N) is 2. The highest BCUT2D eigenvalue weighted by molar-refractivity contribution is 5.95. The van der Waals surface area contributed by atoms with Gasteiger partial charge in [0, 0.05) is 30.4 Å². The topological polar surface area (TPSA) is 149 Å². The molecular formula is C25H29N5O4. The fraction of sp³-hybridized carbons (Fsp3) is 0.280. The summed E-state index contributed by atoms with van der Waals surface area (Å²) in [5, 5.41) is 6.85. The third-order valence-electron chi connectivity index (χ3n) is 5.16. The Hall–Kier alpha value is -3.98. The normalized spacial score (nSPS) is 11.6. The monoisotopic (exact) mass is 463 g/mol. The number of primary amides is 1. The van der Waals surface area contributed by atoms with E-state index in [4.69, 9.17) is 16.2 Å². The molecule has 178 valence electrons. The molecule has 0 aliphatic rings. The van der Waals surface area contributed by atoms with Crippen LogP contribution in [0.3, 0.4) is 0 Å². The largest absolute Gasteiger partial charge is 0.493 e. The lowest BCUT2D eigenvalue weighted by Crippen LogP contribution is -2.42. The van der Waals surface area contributed by atoms with Crippen LogP contribution in [-0.4, -0.2) is 42.0 Å². The second-order valence-corrected chi connectivity index (χ2v) is 7.87. The Balaban J connectivity index is 1.48. The number of nitrogens with two attached hydrogens (primary N) is 2. The summed E-state index contributed by atoms with van der Waals surface area (Å²) in [7, 11) is 0. The summed E-state index contributed by atoms with van der Waals surface area (Å²) >= 11 is 0. The molecule has 0 aliphatic heterocycles. The number of hydrogen-bond acceptors (Lipinski definition) is 6. The second-order valence-electron chi connectivity index (χ2n) is 7.87. The molecule has 0 fully saturated rings. The van der Waals surface area contributed by atoms with Gasteiger partial charge in [-0.1, -0.05) is 30.3 Å². The maximum atomic E-state index is 12.2. The van der Waals surface area contributed by atoms with Gasteiger partial charge in [0.15, 0.2) is 0 Å². The number of urea groups is 1. The summed E-state index contributed by atoms with van der Waals surface area (Å²) in [6, 6.07) is 15.4. The number of imide groups is 1. The number of fused-ring (bicyclic) bond motifs is 1. The van der Waals surface area contributed by atoms with E-state index in [9.17, 15) is 14.4 Å². The van der Waals surface area contributed by atoms with Crippen molar-refractivity contribution in [3.05, 3.63) is 72.1 Å². The van der Waals surface area contributed by atoms with Crippen molar-refractivity contribution in [1.29, 1.82) is 0 Å². The Morgan fingerprint density at radius 2 is 1.74 bits per heavy atom. The minimum atomic E-state index is -0.893. The van der Waals surface area contributed by atoms with Crippen LogP contribution in [-0.2, 0) is 22.4 Å². The van der Waals surface area contributed by atoms with Gasteiger partial charge < -0.3 is 21.5 Å². The third-order valence-corrected chi connectivity index (χ3v) is 5.16. The Kier molecular flexibility index (Phi) is 8.93. The first kappa shape index (κ1) is 24.7. The van der Waals surface area contributed by atoms with Crippen LogP contribution in [0, 0.1) is 0 Å². The standard InChI is InChI=1S/C25H29N5O4/c26-21(16-20-9-3-4-10-28-20)24(32)29-11-5-6-12-34-22-14-18-8-2-1-7-17(18)13-19(22)15-23(31)30-25(27)33/h1-4,7-10,13-14,21H,5-6,11-12,15-16,26H2,(H,29,32)(H3,27,30,31,33)/t21-/m0/s1. The summed E-state index contributed by atoms with van der Waals surface area (Å²) in [6.07, 6.45) is 3.41. The van der Waals surface area contributed by atoms with Gasteiger partial charge in [-0.2, -0.15) is 0 Å². The Morgan fingerprint density at radius 1 is 1.00 bits per heavy atom. The molecule has 3 rings (SSSR count). The quantitative estimate of drug-likeness (QED) is 0.319. The predicted octanol–water partition coefficient (Wildman–Crippen LogP) is 1.82. The number of amides is 4. The van der Waals surface area contributed by atoms with Crippen LogP contribution >= 0.6 is 0 Å². The second kappa shape index (κ2) is 12.3. The van der Waals surface area contributed by atoms with E-state index >= 15 is 0 Å². The van der Waals surface area contributed by atoms with Crippen LogP contribution in [0.15, 0.2) is 60.8 Å². The highest BCUT2D eigenvalue weighted by Gasteiger charge is 2.14. The van der Waals surface area contributed by atoms with Gasteiger partial charge in [-0.3, -0.25) is 19.9 Å². The third kappa shape index (κ3) is 7.56. The van der Waals surface area contributed by atoms with Crippen LogP contribution < -0.4 is 26.8 Å². The molecule has 4 amide bonds. The van der Waals surface area contributed by atoms with E-state index in [2.05, 4.69) is 15.6 Å². The number of ether oxygens (including phenoxy) is 1. The summed E-state index contributed by atoms with van der Waals surface area (Å²) in [4.78, 5) is 39.4. The Bertz CT molecular complexity index is 1140. The minimum absolute atomic E-state index is 0.0344. The summed E-state index contributed by atoms with van der Waals surface area (Å²) in [6.45, 7) is 0.877. The molecule has 1 heterocycles. The summed E-state index contributed by atoms with van der Waals surface area (Å²) in [5.41, 5.74) is 12.4. The number of unbranched alkanes of at least 4 members (excludes halogenated alkanes) is 1. The van der Waals surface area contributed by atoms with Crippen LogP contribution in [0.5, 0.6) is 5.75 Å². The number of carbonyl (C=O) groups excluding carboxylic acids is 3. The van der Waals surface area contributed by atoms with Crippen molar-refractivity contribution in [3.8, 4) is 5.75 Å². The SMILES string of the molecule is NC(=O)NC(=O)Cc1cc2ccccc2cc1OCCCCNC(=O)[C@@H](N)Cc1ccccn1. The first-order valence-electron chi connectivity index (χ1n) is 11.1. The number of hydrogen-bond donors (Lipinski definition) is 4.